The Bertz CT molecular complexity index is 729. The molecule has 0 radical (unpaired) electrons. The van der Waals surface area contributed by atoms with Gasteiger partial charge in [-0.3, -0.25) is 0 Å². The van der Waals surface area contributed by atoms with Crippen LogP contribution in [0.25, 0.3) is 0 Å². The molecule has 0 heterocycles. The van der Waals surface area contributed by atoms with Crippen LogP contribution in [0.15, 0.2) is 48.5 Å². The smallest absolute Gasteiger partial charge is 0.343 e. The summed E-state index contributed by atoms with van der Waals surface area (Å²) in [5, 5.41) is 8.71. The van der Waals surface area contributed by atoms with Crippen LogP contribution in [-0.2, 0) is 10.2 Å². The molecular weight excluding hydrogens is 308 g/mol. The van der Waals surface area contributed by atoms with E-state index >= 15 is 0 Å². The van der Waals surface area contributed by atoms with Gasteiger partial charge in [0.15, 0.2) is 6.61 Å². The second kappa shape index (κ2) is 7.17. The van der Waals surface area contributed by atoms with Crippen LogP contribution in [0.2, 0.25) is 0 Å². The summed E-state index contributed by atoms with van der Waals surface area (Å²) in [5.74, 6) is -0.852. The fourth-order valence-electron chi connectivity index (χ4n) is 2.17. The van der Waals surface area contributed by atoms with Gasteiger partial charge in [0.05, 0.1) is 5.56 Å². The summed E-state index contributed by atoms with van der Waals surface area (Å²) in [5.41, 5.74) is 1.01. The topological polar surface area (TPSA) is 72.8 Å². The van der Waals surface area contributed by atoms with Crippen molar-refractivity contribution in [2.24, 2.45) is 0 Å². The van der Waals surface area contributed by atoms with Crippen LogP contribution in [0.1, 0.15) is 36.7 Å². The Morgan fingerprint density at radius 3 is 2.29 bits per heavy atom. The predicted molar refractivity (Wildman–Crippen MR) is 89.7 cm³/mol. The van der Waals surface area contributed by atoms with E-state index in [-0.39, 0.29) is 5.41 Å². The van der Waals surface area contributed by atoms with Crippen molar-refractivity contribution in [1.29, 1.82) is 0 Å². The monoisotopic (exact) mass is 328 g/mol. The van der Waals surface area contributed by atoms with Crippen LogP contribution in [0.4, 0.5) is 0 Å². The van der Waals surface area contributed by atoms with Gasteiger partial charge in [-0.05, 0) is 23.6 Å². The number of ether oxygens (including phenoxy) is 2. The number of hydrogen-bond donors (Lipinski definition) is 1. The van der Waals surface area contributed by atoms with E-state index in [1.54, 1.807) is 42.5 Å². The number of benzene rings is 2. The molecule has 5 nitrogen and oxygen atoms in total. The zero-order valence-corrected chi connectivity index (χ0v) is 13.9. The number of carboxylic acids is 1. The van der Waals surface area contributed by atoms with E-state index in [1.807, 2.05) is 26.8 Å². The summed E-state index contributed by atoms with van der Waals surface area (Å²) >= 11 is 0. The van der Waals surface area contributed by atoms with Crippen LogP contribution < -0.4 is 9.47 Å². The number of carbonyl (C=O) groups excluding carboxylic acids is 1. The zero-order chi connectivity index (χ0) is 17.7. The highest BCUT2D eigenvalue weighted by molar-refractivity contribution is 5.91. The third-order valence-corrected chi connectivity index (χ3v) is 3.34. The van der Waals surface area contributed by atoms with Crippen LogP contribution in [0.5, 0.6) is 11.5 Å². The number of hydrogen-bond acceptors (Lipinski definition) is 4. The lowest BCUT2D eigenvalue weighted by Crippen LogP contribution is -2.17. The Kier molecular flexibility index (Phi) is 5.24. The van der Waals surface area contributed by atoms with E-state index in [4.69, 9.17) is 14.6 Å². The third-order valence-electron chi connectivity index (χ3n) is 3.34. The molecule has 0 saturated carbocycles. The van der Waals surface area contributed by atoms with Gasteiger partial charge in [0.1, 0.15) is 11.5 Å². The molecule has 1 N–H and O–H groups in total. The van der Waals surface area contributed by atoms with Gasteiger partial charge >= 0.3 is 11.9 Å². The number of carboxylic acid groups (broad SMARTS) is 1. The molecule has 2 aromatic carbocycles. The van der Waals surface area contributed by atoms with Gasteiger partial charge < -0.3 is 14.6 Å². The van der Waals surface area contributed by atoms with Crippen LogP contribution >= 0.6 is 0 Å². The molecule has 0 aliphatic rings. The molecule has 0 aliphatic heterocycles. The van der Waals surface area contributed by atoms with Crippen molar-refractivity contribution in [3.05, 3.63) is 59.7 Å². The quantitative estimate of drug-likeness (QED) is 0.670. The van der Waals surface area contributed by atoms with Gasteiger partial charge in [0.25, 0.3) is 0 Å². The van der Waals surface area contributed by atoms with E-state index in [2.05, 4.69) is 0 Å². The van der Waals surface area contributed by atoms with Gasteiger partial charge in [0.2, 0.25) is 0 Å². The normalized spacial score (nSPS) is 11.0. The first-order valence-electron chi connectivity index (χ1n) is 7.54. The van der Waals surface area contributed by atoms with Gasteiger partial charge in [0, 0.05) is 11.6 Å². The van der Waals surface area contributed by atoms with Crippen molar-refractivity contribution in [3.8, 4) is 11.5 Å². The number of rotatable bonds is 5. The van der Waals surface area contributed by atoms with Crippen molar-refractivity contribution in [1.82, 2.24) is 0 Å². The van der Waals surface area contributed by atoms with Crippen molar-refractivity contribution in [2.45, 2.75) is 26.2 Å². The minimum atomic E-state index is -1.07. The van der Waals surface area contributed by atoms with E-state index < -0.39 is 18.5 Å². The molecule has 126 valence electrons. The molecule has 2 rings (SSSR count). The molecular formula is C19H20O5. The molecule has 2 aromatic rings. The van der Waals surface area contributed by atoms with Crippen molar-refractivity contribution < 1.29 is 24.2 Å². The number of esters is 1. The minimum absolute atomic E-state index is 0.252. The average Bonchev–Trinajstić information content (AvgIpc) is 2.52. The number of aliphatic carboxylic acids is 1. The highest BCUT2D eigenvalue weighted by atomic mass is 16.5. The Hall–Kier alpha value is -2.82. The summed E-state index contributed by atoms with van der Waals surface area (Å²) in [6, 6.07) is 13.7. The molecule has 24 heavy (non-hydrogen) atoms. The van der Waals surface area contributed by atoms with Gasteiger partial charge in [-0.1, -0.05) is 45.0 Å². The molecule has 0 saturated heterocycles. The fraction of sp³-hybridized carbons (Fsp3) is 0.263. The van der Waals surface area contributed by atoms with Crippen molar-refractivity contribution in [3.63, 3.8) is 0 Å². The van der Waals surface area contributed by atoms with Gasteiger partial charge in [-0.15, -0.1) is 0 Å². The Morgan fingerprint density at radius 1 is 1.04 bits per heavy atom. The summed E-state index contributed by atoms with van der Waals surface area (Å²) in [6.07, 6.45) is 0. The van der Waals surface area contributed by atoms with Crippen LogP contribution in [-0.4, -0.2) is 23.7 Å². The summed E-state index contributed by atoms with van der Waals surface area (Å²) in [6.45, 7) is 5.54. The predicted octanol–water partition coefficient (Wildman–Crippen LogP) is 3.67. The molecule has 0 fully saturated rings. The second-order valence-electron chi connectivity index (χ2n) is 6.35. The third kappa shape index (κ3) is 4.59. The molecule has 0 atom stereocenters. The maximum atomic E-state index is 12.3. The first kappa shape index (κ1) is 17.5. The zero-order valence-electron chi connectivity index (χ0n) is 13.9. The average molecular weight is 328 g/mol. The largest absolute Gasteiger partial charge is 0.482 e. The summed E-state index contributed by atoms with van der Waals surface area (Å²) in [4.78, 5) is 22.9. The summed E-state index contributed by atoms with van der Waals surface area (Å²) < 4.78 is 10.7. The fourth-order valence-corrected chi connectivity index (χ4v) is 2.17. The Labute approximate surface area is 140 Å². The Balaban J connectivity index is 2.31. The molecule has 0 unspecified atom stereocenters. The maximum Gasteiger partial charge on any atom is 0.343 e. The number of carbonyl (C=O) groups is 2. The van der Waals surface area contributed by atoms with E-state index in [9.17, 15) is 9.59 Å². The molecule has 0 amide bonds. The van der Waals surface area contributed by atoms with Crippen molar-refractivity contribution in [2.75, 3.05) is 6.61 Å². The second-order valence-corrected chi connectivity index (χ2v) is 6.35. The van der Waals surface area contributed by atoms with Gasteiger partial charge in [-0.2, -0.15) is 0 Å². The van der Waals surface area contributed by atoms with E-state index in [0.29, 0.717) is 17.1 Å². The minimum Gasteiger partial charge on any atom is -0.482 e. The lowest BCUT2D eigenvalue weighted by Gasteiger charge is -2.22. The standard InChI is InChI=1S/C19H20O5/c1-19(2,3)15-10-9-14(23-12-17(20)21)11-16(15)24-18(22)13-7-5-4-6-8-13/h4-11H,12H2,1-3H3,(H,20,21). The van der Waals surface area contributed by atoms with E-state index in [1.165, 1.54) is 0 Å². The molecule has 5 heteroatoms. The lowest BCUT2D eigenvalue weighted by atomic mass is 9.86. The molecule has 0 bridgehead atoms. The van der Waals surface area contributed by atoms with E-state index in [0.717, 1.165) is 5.56 Å². The maximum absolute atomic E-state index is 12.3. The van der Waals surface area contributed by atoms with Crippen molar-refractivity contribution >= 4 is 11.9 Å². The van der Waals surface area contributed by atoms with Crippen LogP contribution in [0.3, 0.4) is 0 Å². The highest BCUT2D eigenvalue weighted by Gasteiger charge is 2.22. The molecule has 0 aromatic heterocycles. The highest BCUT2D eigenvalue weighted by Crippen LogP contribution is 2.34. The Morgan fingerprint density at radius 2 is 1.71 bits per heavy atom. The van der Waals surface area contributed by atoms with Gasteiger partial charge in [-0.25, -0.2) is 9.59 Å². The first-order chi connectivity index (χ1) is 11.3. The first-order valence-corrected chi connectivity index (χ1v) is 7.54. The SMILES string of the molecule is CC(C)(C)c1ccc(OCC(=O)O)cc1OC(=O)c1ccccc1. The summed E-state index contributed by atoms with van der Waals surface area (Å²) in [7, 11) is 0. The van der Waals surface area contributed by atoms with Crippen LogP contribution in [0, 0.1) is 0 Å². The molecule has 0 aliphatic carbocycles. The molecule has 0 spiro atoms. The lowest BCUT2D eigenvalue weighted by molar-refractivity contribution is -0.139.